The summed E-state index contributed by atoms with van der Waals surface area (Å²) >= 11 is 4.87. The van der Waals surface area contributed by atoms with E-state index in [1.165, 1.54) is 32.7 Å². The molecule has 0 atom stereocenters. The topological polar surface area (TPSA) is 113 Å². The lowest BCUT2D eigenvalue weighted by molar-refractivity contribution is 0.324. The predicted octanol–water partition coefficient (Wildman–Crippen LogP) is 6.18. The Labute approximate surface area is 221 Å². The number of nitriles is 1. The molecule has 2 heterocycles. The highest BCUT2D eigenvalue weighted by Gasteiger charge is 2.26. The number of hydrogen-bond donors (Lipinski definition) is 1. The molecule has 184 valence electrons. The van der Waals surface area contributed by atoms with Gasteiger partial charge in [-0.1, -0.05) is 28.1 Å². The maximum atomic E-state index is 10.2. The van der Waals surface area contributed by atoms with Crippen LogP contribution in [0.15, 0.2) is 46.3 Å². The van der Waals surface area contributed by atoms with E-state index >= 15 is 0 Å². The third-order valence-electron chi connectivity index (χ3n) is 5.40. The fraction of sp³-hybridized carbons (Fsp3) is 0.192. The van der Waals surface area contributed by atoms with Gasteiger partial charge in [0.15, 0.2) is 11.5 Å². The van der Waals surface area contributed by atoms with E-state index in [0.717, 1.165) is 15.7 Å². The Morgan fingerprint density at radius 2 is 1.64 bits per heavy atom. The van der Waals surface area contributed by atoms with E-state index in [1.54, 1.807) is 12.1 Å². The van der Waals surface area contributed by atoms with Crippen LogP contribution in [0, 0.1) is 11.3 Å². The minimum Gasteiger partial charge on any atom is -0.493 e. The maximum Gasteiger partial charge on any atom is 0.234 e. The third kappa shape index (κ3) is 4.67. The Kier molecular flexibility index (Phi) is 7.62. The van der Waals surface area contributed by atoms with Crippen LogP contribution in [0.5, 0.6) is 23.1 Å². The third-order valence-corrected chi connectivity index (χ3v) is 6.78. The lowest BCUT2D eigenvalue weighted by Crippen LogP contribution is -2.06. The number of ether oxygens (including phenoxy) is 4. The van der Waals surface area contributed by atoms with Crippen LogP contribution in [0.1, 0.15) is 12.5 Å². The molecule has 0 saturated heterocycles. The zero-order chi connectivity index (χ0) is 25.8. The number of thiazole rings is 1. The van der Waals surface area contributed by atoms with Crippen molar-refractivity contribution in [2.75, 3.05) is 33.7 Å². The van der Waals surface area contributed by atoms with Crippen LogP contribution in [0.3, 0.4) is 0 Å². The van der Waals surface area contributed by atoms with Crippen molar-refractivity contribution in [1.82, 2.24) is 9.97 Å². The zero-order valence-electron chi connectivity index (χ0n) is 20.1. The molecule has 0 amide bonds. The number of hydrogen-bond acceptors (Lipinski definition) is 9. The van der Waals surface area contributed by atoms with Gasteiger partial charge in [0.2, 0.25) is 11.6 Å². The monoisotopic (exact) mass is 566 g/mol. The molecular formula is C26H23BrN4O4S. The molecule has 0 fully saturated rings. The lowest BCUT2D eigenvalue weighted by Gasteiger charge is -2.18. The summed E-state index contributed by atoms with van der Waals surface area (Å²) in [6.07, 6.45) is 0. The van der Waals surface area contributed by atoms with Crippen molar-refractivity contribution in [1.29, 1.82) is 5.26 Å². The number of pyridine rings is 1. The standard InChI is InChI=1S/C26H23BrN4O4S/c1-5-35-25-17(12-28)21(15-10-19(32-2)23(34-4)20(11-15)33-3)22(24(29)31-25)26-30-18(13-36-26)14-6-8-16(27)9-7-14/h6-11,13H,5H2,1-4H3,(H2,29,31). The summed E-state index contributed by atoms with van der Waals surface area (Å²) in [5.41, 5.74) is 10.1. The van der Waals surface area contributed by atoms with Gasteiger partial charge in [-0.05, 0) is 36.8 Å². The smallest absolute Gasteiger partial charge is 0.234 e. The van der Waals surface area contributed by atoms with Crippen LogP contribution >= 0.6 is 27.3 Å². The van der Waals surface area contributed by atoms with Gasteiger partial charge >= 0.3 is 0 Å². The molecule has 36 heavy (non-hydrogen) atoms. The highest BCUT2D eigenvalue weighted by molar-refractivity contribution is 9.10. The number of aromatic nitrogens is 2. The summed E-state index contributed by atoms with van der Waals surface area (Å²) in [4.78, 5) is 9.26. The number of methoxy groups -OCH3 is 3. The van der Waals surface area contributed by atoms with Crippen molar-refractivity contribution in [3.05, 3.63) is 51.8 Å². The second kappa shape index (κ2) is 10.8. The van der Waals surface area contributed by atoms with E-state index < -0.39 is 0 Å². The van der Waals surface area contributed by atoms with E-state index in [-0.39, 0.29) is 17.3 Å². The largest absolute Gasteiger partial charge is 0.493 e. The SMILES string of the molecule is CCOc1nc(N)c(-c2nc(-c3ccc(Br)cc3)cs2)c(-c2cc(OC)c(OC)c(OC)c2)c1C#N. The predicted molar refractivity (Wildman–Crippen MR) is 144 cm³/mol. The molecule has 4 rings (SSSR count). The molecule has 4 aromatic rings. The summed E-state index contributed by atoms with van der Waals surface area (Å²) < 4.78 is 23.3. The minimum atomic E-state index is 0.148. The first-order valence-corrected chi connectivity index (χ1v) is 12.5. The fourth-order valence-corrected chi connectivity index (χ4v) is 4.95. The van der Waals surface area contributed by atoms with Gasteiger partial charge in [-0.3, -0.25) is 0 Å². The fourth-order valence-electron chi connectivity index (χ4n) is 3.80. The Morgan fingerprint density at radius 3 is 2.19 bits per heavy atom. The molecule has 0 saturated carbocycles. The number of rotatable bonds is 8. The lowest BCUT2D eigenvalue weighted by atomic mass is 9.95. The molecular weight excluding hydrogens is 544 g/mol. The molecule has 0 spiro atoms. The average Bonchev–Trinajstić information content (AvgIpc) is 3.37. The summed E-state index contributed by atoms with van der Waals surface area (Å²) in [6, 6.07) is 13.6. The first kappa shape index (κ1) is 25.3. The van der Waals surface area contributed by atoms with Gasteiger partial charge in [-0.15, -0.1) is 11.3 Å². The van der Waals surface area contributed by atoms with Crippen LogP contribution < -0.4 is 24.7 Å². The Hall–Kier alpha value is -3.81. The maximum absolute atomic E-state index is 10.2. The summed E-state index contributed by atoms with van der Waals surface area (Å²) in [5.74, 6) is 1.64. The molecule has 0 bridgehead atoms. The first-order valence-electron chi connectivity index (χ1n) is 10.8. The summed E-state index contributed by atoms with van der Waals surface area (Å²) in [6.45, 7) is 2.14. The van der Waals surface area contributed by atoms with Crippen LogP contribution in [0.4, 0.5) is 5.82 Å². The summed E-state index contributed by atoms with van der Waals surface area (Å²) in [7, 11) is 4.60. The molecule has 2 aromatic carbocycles. The van der Waals surface area contributed by atoms with Crippen molar-refractivity contribution in [3.8, 4) is 62.2 Å². The van der Waals surface area contributed by atoms with Crippen LogP contribution in [-0.4, -0.2) is 37.9 Å². The van der Waals surface area contributed by atoms with Crippen molar-refractivity contribution >= 4 is 33.1 Å². The number of halogens is 1. The molecule has 2 aromatic heterocycles. The van der Waals surface area contributed by atoms with Crippen LogP contribution in [0.2, 0.25) is 0 Å². The van der Waals surface area contributed by atoms with Crippen LogP contribution in [-0.2, 0) is 0 Å². The molecule has 8 nitrogen and oxygen atoms in total. The first-order chi connectivity index (χ1) is 17.4. The zero-order valence-corrected chi connectivity index (χ0v) is 22.5. The summed E-state index contributed by atoms with van der Waals surface area (Å²) in [5, 5.41) is 12.7. The van der Waals surface area contributed by atoms with E-state index in [1.807, 2.05) is 36.6 Å². The number of nitrogen functional groups attached to an aromatic ring is 1. The quantitative estimate of drug-likeness (QED) is 0.269. The van der Waals surface area contributed by atoms with E-state index in [2.05, 4.69) is 27.0 Å². The van der Waals surface area contributed by atoms with Gasteiger partial charge in [-0.2, -0.15) is 10.2 Å². The molecule has 10 heteroatoms. The average molecular weight is 567 g/mol. The number of nitrogens with zero attached hydrogens (tertiary/aromatic N) is 3. The second-order valence-corrected chi connectivity index (χ2v) is 9.20. The molecule has 0 aliphatic heterocycles. The second-order valence-electron chi connectivity index (χ2n) is 7.43. The molecule has 0 aliphatic carbocycles. The van der Waals surface area contributed by atoms with Gasteiger partial charge < -0.3 is 24.7 Å². The number of nitrogens with two attached hydrogens (primary N) is 1. The van der Waals surface area contributed by atoms with Gasteiger partial charge in [0.25, 0.3) is 0 Å². The Morgan fingerprint density at radius 1 is 0.972 bits per heavy atom. The van der Waals surface area contributed by atoms with Crippen molar-refractivity contribution in [3.63, 3.8) is 0 Å². The van der Waals surface area contributed by atoms with Crippen molar-refractivity contribution in [2.45, 2.75) is 6.92 Å². The molecule has 0 radical (unpaired) electrons. The normalized spacial score (nSPS) is 10.6. The van der Waals surface area contributed by atoms with E-state index in [9.17, 15) is 5.26 Å². The molecule has 2 N–H and O–H groups in total. The number of anilines is 1. The molecule has 0 unspecified atom stereocenters. The van der Waals surface area contributed by atoms with Crippen molar-refractivity contribution in [2.24, 2.45) is 0 Å². The Balaban J connectivity index is 2.02. The van der Waals surface area contributed by atoms with Crippen LogP contribution in [0.25, 0.3) is 33.0 Å². The van der Waals surface area contributed by atoms with E-state index in [4.69, 9.17) is 29.7 Å². The van der Waals surface area contributed by atoms with Gasteiger partial charge in [0.1, 0.15) is 22.5 Å². The van der Waals surface area contributed by atoms with Gasteiger partial charge in [0, 0.05) is 21.0 Å². The van der Waals surface area contributed by atoms with Crippen molar-refractivity contribution < 1.29 is 18.9 Å². The van der Waals surface area contributed by atoms with E-state index in [0.29, 0.717) is 45.6 Å². The van der Waals surface area contributed by atoms with Gasteiger partial charge in [0.05, 0.1) is 39.2 Å². The highest BCUT2D eigenvalue weighted by atomic mass is 79.9. The Bertz CT molecular complexity index is 1420. The highest BCUT2D eigenvalue weighted by Crippen LogP contribution is 2.47. The minimum absolute atomic E-state index is 0.148. The number of benzene rings is 2. The molecule has 0 aliphatic rings. The van der Waals surface area contributed by atoms with Gasteiger partial charge in [-0.25, -0.2) is 4.98 Å².